The molecule has 0 aliphatic heterocycles. The molecule has 0 saturated heterocycles. The number of nitrogens with two attached hydrogens (primary N) is 1. The summed E-state index contributed by atoms with van der Waals surface area (Å²) in [5, 5.41) is 10.8. The topological polar surface area (TPSA) is 69.2 Å². The fourth-order valence-electron chi connectivity index (χ4n) is 1.56. The van der Waals surface area contributed by atoms with Gasteiger partial charge in [0.05, 0.1) is 10.5 Å². The highest BCUT2D eigenvalue weighted by molar-refractivity contribution is 5.73. The Bertz CT molecular complexity index is 400. The molecule has 0 bridgehead atoms. The molecule has 0 aromatic heterocycles. The van der Waals surface area contributed by atoms with Crippen LogP contribution in [0.15, 0.2) is 24.8 Å². The van der Waals surface area contributed by atoms with Crippen LogP contribution in [0.5, 0.6) is 0 Å². The van der Waals surface area contributed by atoms with Gasteiger partial charge in [-0.05, 0) is 31.0 Å². The first kappa shape index (κ1) is 11.4. The van der Waals surface area contributed by atoms with E-state index in [9.17, 15) is 10.1 Å². The third kappa shape index (κ3) is 2.41. The van der Waals surface area contributed by atoms with E-state index < -0.39 is 0 Å². The van der Waals surface area contributed by atoms with Crippen molar-refractivity contribution in [2.24, 2.45) is 5.73 Å². The lowest BCUT2D eigenvalue weighted by molar-refractivity contribution is -0.385. The second-order valence-electron chi connectivity index (χ2n) is 3.37. The maximum atomic E-state index is 10.8. The van der Waals surface area contributed by atoms with Crippen molar-refractivity contribution in [3.05, 3.63) is 46.0 Å². The van der Waals surface area contributed by atoms with Gasteiger partial charge in [-0.25, -0.2) is 0 Å². The van der Waals surface area contributed by atoms with E-state index in [2.05, 4.69) is 6.58 Å². The van der Waals surface area contributed by atoms with Gasteiger partial charge in [0, 0.05) is 6.07 Å². The van der Waals surface area contributed by atoms with Crippen molar-refractivity contribution < 1.29 is 4.92 Å². The number of aryl methyl sites for hydroxylation is 1. The van der Waals surface area contributed by atoms with Crippen molar-refractivity contribution >= 4 is 11.3 Å². The van der Waals surface area contributed by atoms with E-state index >= 15 is 0 Å². The molecule has 2 N–H and O–H groups in total. The summed E-state index contributed by atoms with van der Waals surface area (Å²) in [6.07, 6.45) is 0.575. The molecule has 0 aliphatic carbocycles. The minimum Gasteiger partial charge on any atom is -0.330 e. The predicted molar refractivity (Wildman–Crippen MR) is 60.5 cm³/mol. The van der Waals surface area contributed by atoms with E-state index in [1.807, 2.05) is 13.0 Å². The predicted octanol–water partition coefficient (Wildman–Crippen LogP) is 2.27. The summed E-state index contributed by atoms with van der Waals surface area (Å²) in [5.74, 6) is 0. The lowest BCUT2D eigenvalue weighted by Gasteiger charge is -2.08. The summed E-state index contributed by atoms with van der Waals surface area (Å²) in [5.41, 5.74) is 7.72. The van der Waals surface area contributed by atoms with Crippen LogP contribution in [-0.4, -0.2) is 11.5 Å². The van der Waals surface area contributed by atoms with Gasteiger partial charge < -0.3 is 5.73 Å². The van der Waals surface area contributed by atoms with Crippen molar-refractivity contribution in [3.8, 4) is 0 Å². The summed E-state index contributed by atoms with van der Waals surface area (Å²) < 4.78 is 0. The van der Waals surface area contributed by atoms with Gasteiger partial charge in [-0.3, -0.25) is 10.1 Å². The SMILES string of the molecule is C=C(CCN)c1c(C)cccc1[N+](=O)[O-]. The van der Waals surface area contributed by atoms with Crippen molar-refractivity contribution in [2.45, 2.75) is 13.3 Å². The highest BCUT2D eigenvalue weighted by Gasteiger charge is 2.16. The smallest absolute Gasteiger partial charge is 0.277 e. The van der Waals surface area contributed by atoms with Crippen LogP contribution in [0.25, 0.3) is 5.57 Å². The summed E-state index contributed by atoms with van der Waals surface area (Å²) in [4.78, 5) is 10.4. The van der Waals surface area contributed by atoms with Crippen LogP contribution in [0.1, 0.15) is 17.5 Å². The molecule has 0 saturated carbocycles. The van der Waals surface area contributed by atoms with Crippen LogP contribution in [0.2, 0.25) is 0 Å². The molecule has 0 radical (unpaired) electrons. The molecule has 0 spiro atoms. The van der Waals surface area contributed by atoms with Gasteiger partial charge in [0.15, 0.2) is 0 Å². The quantitative estimate of drug-likeness (QED) is 0.606. The molecule has 1 aromatic carbocycles. The fraction of sp³-hybridized carbons (Fsp3) is 0.273. The molecule has 0 aliphatic rings. The lowest BCUT2D eigenvalue weighted by Crippen LogP contribution is -2.02. The van der Waals surface area contributed by atoms with Crippen LogP contribution in [0, 0.1) is 17.0 Å². The highest BCUT2D eigenvalue weighted by atomic mass is 16.6. The third-order valence-electron chi connectivity index (χ3n) is 2.25. The Kier molecular flexibility index (Phi) is 3.57. The minimum absolute atomic E-state index is 0.105. The van der Waals surface area contributed by atoms with Crippen LogP contribution < -0.4 is 5.73 Å². The Hall–Kier alpha value is -1.68. The first-order valence-corrected chi connectivity index (χ1v) is 4.70. The van der Waals surface area contributed by atoms with E-state index in [0.29, 0.717) is 18.5 Å². The number of rotatable bonds is 4. The number of nitro groups is 1. The average molecular weight is 206 g/mol. The molecule has 0 fully saturated rings. The Morgan fingerprint density at radius 2 is 2.27 bits per heavy atom. The van der Waals surface area contributed by atoms with Crippen LogP contribution >= 0.6 is 0 Å². The maximum absolute atomic E-state index is 10.8. The molecule has 1 rings (SSSR count). The summed E-state index contributed by atoms with van der Waals surface area (Å²) >= 11 is 0. The molecule has 0 heterocycles. The zero-order valence-electron chi connectivity index (χ0n) is 8.69. The maximum Gasteiger partial charge on any atom is 0.277 e. The van der Waals surface area contributed by atoms with Crippen molar-refractivity contribution in [1.82, 2.24) is 0 Å². The van der Waals surface area contributed by atoms with E-state index in [1.165, 1.54) is 6.07 Å². The summed E-state index contributed by atoms with van der Waals surface area (Å²) in [6, 6.07) is 5.00. The molecule has 15 heavy (non-hydrogen) atoms. The third-order valence-corrected chi connectivity index (χ3v) is 2.25. The van der Waals surface area contributed by atoms with Crippen molar-refractivity contribution in [1.29, 1.82) is 0 Å². The standard InChI is InChI=1S/C11H14N2O2/c1-8-4-3-5-10(13(14)15)11(8)9(2)6-7-12/h3-5H,2,6-7,12H2,1H3. The van der Waals surface area contributed by atoms with Gasteiger partial charge in [0.2, 0.25) is 0 Å². The number of nitro benzene ring substituents is 1. The van der Waals surface area contributed by atoms with Crippen LogP contribution in [-0.2, 0) is 0 Å². The molecular formula is C11H14N2O2. The van der Waals surface area contributed by atoms with Gasteiger partial charge in [0.1, 0.15) is 0 Å². The van der Waals surface area contributed by atoms with Crippen LogP contribution in [0.3, 0.4) is 0 Å². The lowest BCUT2D eigenvalue weighted by atomic mass is 9.97. The van der Waals surface area contributed by atoms with E-state index in [0.717, 1.165) is 11.1 Å². The number of hydrogen-bond donors (Lipinski definition) is 1. The van der Waals surface area contributed by atoms with Crippen molar-refractivity contribution in [3.63, 3.8) is 0 Å². The Morgan fingerprint density at radius 1 is 1.60 bits per heavy atom. The first-order chi connectivity index (χ1) is 7.07. The molecular weight excluding hydrogens is 192 g/mol. The Balaban J connectivity index is 3.24. The molecule has 0 atom stereocenters. The van der Waals surface area contributed by atoms with Crippen molar-refractivity contribution in [2.75, 3.05) is 6.54 Å². The molecule has 4 nitrogen and oxygen atoms in total. The number of benzene rings is 1. The zero-order chi connectivity index (χ0) is 11.4. The van der Waals surface area contributed by atoms with Gasteiger partial charge >= 0.3 is 0 Å². The largest absolute Gasteiger partial charge is 0.330 e. The van der Waals surface area contributed by atoms with Gasteiger partial charge in [-0.1, -0.05) is 18.7 Å². The average Bonchev–Trinajstić information content (AvgIpc) is 2.17. The fourth-order valence-corrected chi connectivity index (χ4v) is 1.56. The minimum atomic E-state index is -0.385. The van der Waals surface area contributed by atoms with Gasteiger partial charge in [-0.2, -0.15) is 0 Å². The molecule has 0 amide bonds. The molecule has 4 heteroatoms. The van der Waals surface area contributed by atoms with Crippen LogP contribution in [0.4, 0.5) is 5.69 Å². The molecule has 80 valence electrons. The Labute approximate surface area is 88.6 Å². The second kappa shape index (κ2) is 4.70. The van der Waals surface area contributed by atoms with E-state index in [-0.39, 0.29) is 10.6 Å². The molecule has 1 aromatic rings. The first-order valence-electron chi connectivity index (χ1n) is 4.70. The Morgan fingerprint density at radius 3 is 2.80 bits per heavy atom. The zero-order valence-corrected chi connectivity index (χ0v) is 8.69. The highest BCUT2D eigenvalue weighted by Crippen LogP contribution is 2.29. The normalized spacial score (nSPS) is 10.0. The number of hydrogen-bond acceptors (Lipinski definition) is 3. The van der Waals surface area contributed by atoms with Gasteiger partial charge in [0.25, 0.3) is 5.69 Å². The van der Waals surface area contributed by atoms with E-state index in [4.69, 9.17) is 5.73 Å². The summed E-state index contributed by atoms with van der Waals surface area (Å²) in [7, 11) is 0. The molecule has 0 unspecified atom stereocenters. The van der Waals surface area contributed by atoms with Gasteiger partial charge in [-0.15, -0.1) is 0 Å². The monoisotopic (exact) mass is 206 g/mol. The van der Waals surface area contributed by atoms with E-state index in [1.54, 1.807) is 6.07 Å². The number of nitrogens with zero attached hydrogens (tertiary/aromatic N) is 1. The second-order valence-corrected chi connectivity index (χ2v) is 3.37. The summed E-state index contributed by atoms with van der Waals surface area (Å²) in [6.45, 7) is 6.12.